The van der Waals surface area contributed by atoms with Crippen LogP contribution in [0.25, 0.3) is 11.1 Å². The Morgan fingerprint density at radius 1 is 1.04 bits per heavy atom. The van der Waals surface area contributed by atoms with E-state index in [0.29, 0.717) is 35.4 Å². The summed E-state index contributed by atoms with van der Waals surface area (Å²) in [6, 6.07) is 10.5. The van der Waals surface area contributed by atoms with Gasteiger partial charge in [-0.3, -0.25) is 14.4 Å². The molecule has 1 fully saturated rings. The highest BCUT2D eigenvalue weighted by Crippen LogP contribution is 2.35. The minimum atomic E-state index is -1.04. The number of rotatable bonds is 14. The standard InChI is InChI=1S/C37H49FN4O4/c1-22(2)15-32(42-37(46)27(7)17-30(40-42)12-14-41-20-23(3)21-41)36(45)39-13-11-28(19-33(43)44)31-18-29(16-26(6)35(31)38)34-24(4)9-8-10-25(34)5/h8-10,16-18,22-23,28,32H,11-15,19-21H2,1-7H3,(H,39,45)(H,43,44)/t28-,32-/m0/s1. The van der Waals surface area contributed by atoms with Crippen LogP contribution in [0, 0.1) is 45.3 Å². The summed E-state index contributed by atoms with van der Waals surface area (Å²) >= 11 is 0. The Morgan fingerprint density at radius 3 is 2.33 bits per heavy atom. The van der Waals surface area contributed by atoms with Crippen LogP contribution in [-0.4, -0.2) is 57.8 Å². The zero-order valence-corrected chi connectivity index (χ0v) is 28.3. The van der Waals surface area contributed by atoms with Crippen molar-refractivity contribution in [3.05, 3.63) is 86.1 Å². The molecular formula is C37H49FN4O4. The van der Waals surface area contributed by atoms with Crippen molar-refractivity contribution in [2.75, 3.05) is 26.2 Å². The average Bonchev–Trinajstić information content (AvgIpc) is 2.96. The number of likely N-dealkylation sites (tertiary alicyclic amines) is 1. The molecule has 0 saturated carbocycles. The summed E-state index contributed by atoms with van der Waals surface area (Å²) in [5.74, 6) is -1.69. The molecule has 2 aromatic carbocycles. The van der Waals surface area contributed by atoms with Crippen molar-refractivity contribution in [1.82, 2.24) is 20.0 Å². The molecule has 248 valence electrons. The Balaban J connectivity index is 1.55. The molecule has 1 aromatic heterocycles. The van der Waals surface area contributed by atoms with Gasteiger partial charge in [0, 0.05) is 38.2 Å². The number of carboxylic acids is 1. The molecule has 1 aliphatic rings. The number of nitrogens with zero attached hydrogens (tertiary/aromatic N) is 3. The maximum atomic E-state index is 15.6. The number of hydrogen-bond acceptors (Lipinski definition) is 5. The number of aryl methyl sites for hydroxylation is 4. The molecule has 2 atom stereocenters. The molecule has 1 saturated heterocycles. The van der Waals surface area contributed by atoms with Gasteiger partial charge in [0.15, 0.2) is 0 Å². The number of carbonyl (C=O) groups is 2. The number of hydrogen-bond donors (Lipinski definition) is 2. The quantitative estimate of drug-likeness (QED) is 0.222. The van der Waals surface area contributed by atoms with Crippen LogP contribution in [-0.2, 0) is 16.0 Å². The maximum absolute atomic E-state index is 15.6. The van der Waals surface area contributed by atoms with E-state index in [-0.39, 0.29) is 36.8 Å². The number of amides is 1. The van der Waals surface area contributed by atoms with E-state index < -0.39 is 23.7 Å². The Labute approximate surface area is 272 Å². The summed E-state index contributed by atoms with van der Waals surface area (Å²) in [6.07, 6.45) is 1.03. The Bertz CT molecular complexity index is 1610. The second kappa shape index (κ2) is 15.2. The Hall–Kier alpha value is -3.85. The smallest absolute Gasteiger partial charge is 0.303 e. The number of carbonyl (C=O) groups excluding carboxylic acids is 1. The van der Waals surface area contributed by atoms with Crippen LogP contribution < -0.4 is 10.9 Å². The minimum Gasteiger partial charge on any atom is -0.481 e. The molecule has 0 aliphatic carbocycles. The van der Waals surface area contributed by atoms with Crippen LogP contribution >= 0.6 is 0 Å². The number of nitrogens with one attached hydrogen (secondary N) is 1. The van der Waals surface area contributed by atoms with Gasteiger partial charge >= 0.3 is 5.97 Å². The van der Waals surface area contributed by atoms with Crippen LogP contribution in [0.15, 0.2) is 41.2 Å². The van der Waals surface area contributed by atoms with Gasteiger partial charge in [-0.2, -0.15) is 5.10 Å². The van der Waals surface area contributed by atoms with Crippen molar-refractivity contribution in [2.45, 2.75) is 86.1 Å². The van der Waals surface area contributed by atoms with Crippen LogP contribution in [0.3, 0.4) is 0 Å². The average molecular weight is 633 g/mol. The van der Waals surface area contributed by atoms with Crippen LogP contribution in [0.1, 0.15) is 85.5 Å². The van der Waals surface area contributed by atoms with Gasteiger partial charge in [-0.15, -0.1) is 0 Å². The van der Waals surface area contributed by atoms with E-state index in [0.717, 1.165) is 47.6 Å². The highest BCUT2D eigenvalue weighted by molar-refractivity contribution is 5.80. The van der Waals surface area contributed by atoms with E-state index in [1.165, 1.54) is 4.68 Å². The predicted molar refractivity (Wildman–Crippen MR) is 180 cm³/mol. The fraction of sp³-hybridized carbons (Fsp3) is 0.514. The molecule has 1 amide bonds. The van der Waals surface area contributed by atoms with Crippen molar-refractivity contribution in [2.24, 2.45) is 11.8 Å². The van der Waals surface area contributed by atoms with Crippen LogP contribution in [0.4, 0.5) is 4.39 Å². The second-order valence-corrected chi connectivity index (χ2v) is 13.7. The number of aliphatic carboxylic acids is 1. The first-order valence-electron chi connectivity index (χ1n) is 16.4. The SMILES string of the molecule is Cc1cc(-c2c(C)cccc2C)cc([C@@H](CCNC(=O)[C@H](CC(C)C)n2nc(CCN3CC(C)C3)cc(C)c2=O)CC(=O)O)c1F. The van der Waals surface area contributed by atoms with Gasteiger partial charge in [0.25, 0.3) is 5.56 Å². The zero-order valence-electron chi connectivity index (χ0n) is 28.3. The van der Waals surface area contributed by atoms with E-state index in [4.69, 9.17) is 0 Å². The lowest BCUT2D eigenvalue weighted by Crippen LogP contribution is -2.46. The first-order valence-corrected chi connectivity index (χ1v) is 16.4. The topological polar surface area (TPSA) is 105 Å². The lowest BCUT2D eigenvalue weighted by molar-refractivity contribution is -0.137. The van der Waals surface area contributed by atoms with Gasteiger partial charge in [0.1, 0.15) is 11.9 Å². The van der Waals surface area contributed by atoms with E-state index >= 15 is 4.39 Å². The highest BCUT2D eigenvalue weighted by Gasteiger charge is 2.27. The molecule has 9 heteroatoms. The molecule has 0 unspecified atom stereocenters. The summed E-state index contributed by atoms with van der Waals surface area (Å²) in [5.41, 5.74) is 5.72. The van der Waals surface area contributed by atoms with Crippen LogP contribution in [0.5, 0.6) is 0 Å². The molecule has 0 radical (unpaired) electrons. The van der Waals surface area contributed by atoms with Crippen LogP contribution in [0.2, 0.25) is 0 Å². The molecule has 8 nitrogen and oxygen atoms in total. The summed E-state index contributed by atoms with van der Waals surface area (Å²) in [5, 5.41) is 17.3. The summed E-state index contributed by atoms with van der Waals surface area (Å²) in [4.78, 5) is 41.2. The third-order valence-electron chi connectivity index (χ3n) is 8.99. The molecule has 46 heavy (non-hydrogen) atoms. The monoisotopic (exact) mass is 632 g/mol. The Kier molecular flexibility index (Phi) is 11.5. The number of halogens is 1. The third-order valence-corrected chi connectivity index (χ3v) is 8.99. The van der Waals surface area contributed by atoms with Gasteiger partial charge in [-0.25, -0.2) is 9.07 Å². The summed E-state index contributed by atoms with van der Waals surface area (Å²) in [7, 11) is 0. The van der Waals surface area contributed by atoms with E-state index in [2.05, 4.69) is 22.2 Å². The first-order chi connectivity index (χ1) is 21.7. The minimum absolute atomic E-state index is 0.112. The van der Waals surface area contributed by atoms with Crippen molar-refractivity contribution < 1.29 is 19.1 Å². The predicted octanol–water partition coefficient (Wildman–Crippen LogP) is 6.13. The van der Waals surface area contributed by atoms with Gasteiger partial charge < -0.3 is 15.3 Å². The molecule has 0 spiro atoms. The largest absolute Gasteiger partial charge is 0.481 e. The molecule has 3 aromatic rings. The fourth-order valence-corrected chi connectivity index (χ4v) is 6.66. The van der Waals surface area contributed by atoms with Gasteiger partial charge in [-0.1, -0.05) is 39.0 Å². The number of benzene rings is 2. The number of aromatic nitrogens is 2. The van der Waals surface area contributed by atoms with Crippen molar-refractivity contribution in [1.29, 1.82) is 0 Å². The summed E-state index contributed by atoms with van der Waals surface area (Å²) in [6.45, 7) is 16.7. The number of carboxylic acid groups (broad SMARTS) is 1. The summed E-state index contributed by atoms with van der Waals surface area (Å²) < 4.78 is 17.0. The normalized spacial score (nSPS) is 15.1. The molecule has 0 bridgehead atoms. The Morgan fingerprint density at radius 2 is 1.72 bits per heavy atom. The van der Waals surface area contributed by atoms with E-state index in [1.54, 1.807) is 26.0 Å². The van der Waals surface area contributed by atoms with Gasteiger partial charge in [-0.05, 0) is 110 Å². The molecule has 2 heterocycles. The molecule has 1 aliphatic heterocycles. The zero-order chi connectivity index (χ0) is 33.7. The lowest BCUT2D eigenvalue weighted by atomic mass is 9.86. The van der Waals surface area contributed by atoms with E-state index in [9.17, 15) is 19.5 Å². The lowest BCUT2D eigenvalue weighted by Gasteiger charge is -2.37. The highest BCUT2D eigenvalue weighted by atomic mass is 19.1. The molecule has 4 rings (SSSR count). The molecular weight excluding hydrogens is 583 g/mol. The maximum Gasteiger partial charge on any atom is 0.303 e. The molecule has 2 N–H and O–H groups in total. The first kappa shape index (κ1) is 35.0. The van der Waals surface area contributed by atoms with Crippen molar-refractivity contribution in [3.63, 3.8) is 0 Å². The van der Waals surface area contributed by atoms with Crippen molar-refractivity contribution in [3.8, 4) is 11.1 Å². The van der Waals surface area contributed by atoms with Crippen molar-refractivity contribution >= 4 is 11.9 Å². The van der Waals surface area contributed by atoms with Gasteiger partial charge in [0.05, 0.1) is 12.1 Å². The third kappa shape index (κ3) is 8.49. The second-order valence-electron chi connectivity index (χ2n) is 13.7. The van der Waals surface area contributed by atoms with E-state index in [1.807, 2.05) is 52.0 Å². The van der Waals surface area contributed by atoms with Gasteiger partial charge in [0.2, 0.25) is 5.91 Å². The fourth-order valence-electron chi connectivity index (χ4n) is 6.66.